The zero-order chi connectivity index (χ0) is 24.7. The third-order valence-electron chi connectivity index (χ3n) is 4.21. The zero-order valence-corrected chi connectivity index (χ0v) is 17.7. The first-order chi connectivity index (χ1) is 16.2. The van der Waals surface area contributed by atoms with E-state index in [0.717, 1.165) is 12.1 Å². The number of carbonyl (C=O) groups excluding carboxylic acids is 1. The summed E-state index contributed by atoms with van der Waals surface area (Å²) in [6.07, 6.45) is -3.45. The molecule has 0 radical (unpaired) electrons. The van der Waals surface area contributed by atoms with Crippen molar-refractivity contribution in [2.75, 3.05) is 13.2 Å². The average Bonchev–Trinajstić information content (AvgIpc) is 3.25. The molecular weight excluding hydrogens is 467 g/mol. The molecule has 0 saturated carbocycles. The lowest BCUT2D eigenvalue weighted by atomic mass is 10.2. The number of rotatable bonds is 10. The molecule has 2 aromatic carbocycles. The number of hydrogen-bond donors (Lipinski definition) is 1. The van der Waals surface area contributed by atoms with Crippen molar-refractivity contribution in [1.29, 1.82) is 0 Å². The predicted molar refractivity (Wildman–Crippen MR) is 109 cm³/mol. The van der Waals surface area contributed by atoms with Crippen molar-refractivity contribution in [3.05, 3.63) is 60.0 Å². The molecule has 1 aromatic heterocycles. The van der Waals surface area contributed by atoms with Crippen LogP contribution in [-0.4, -0.2) is 36.9 Å². The van der Waals surface area contributed by atoms with E-state index >= 15 is 0 Å². The second-order valence-electron chi connectivity index (χ2n) is 6.70. The molecule has 3 rings (SSSR count). The summed E-state index contributed by atoms with van der Waals surface area (Å²) in [6, 6.07) is 10.00. The maximum Gasteiger partial charge on any atom is 0.422 e. The first kappa shape index (κ1) is 24.8. The molecule has 3 aromatic rings. The quantitative estimate of drug-likeness (QED) is 0.396. The minimum absolute atomic E-state index is 0.0210. The molecule has 12 heteroatoms. The maximum absolute atomic E-state index is 12.6. The summed E-state index contributed by atoms with van der Waals surface area (Å²) in [5.74, 6) is -1.16. The molecular formula is C22H19F5N2O5. The van der Waals surface area contributed by atoms with Gasteiger partial charge in [-0.2, -0.15) is 22.0 Å². The summed E-state index contributed by atoms with van der Waals surface area (Å²) >= 11 is 0. The number of alkyl halides is 5. The van der Waals surface area contributed by atoms with Gasteiger partial charge in [0.15, 0.2) is 18.1 Å². The summed E-state index contributed by atoms with van der Waals surface area (Å²) in [5, 5.41) is 2.66. The third kappa shape index (κ3) is 6.83. The van der Waals surface area contributed by atoms with Gasteiger partial charge in [-0.25, -0.2) is 4.98 Å². The van der Waals surface area contributed by atoms with Gasteiger partial charge in [0, 0.05) is 5.56 Å². The largest absolute Gasteiger partial charge is 0.493 e. The number of para-hydroxylation sites is 1. The molecule has 0 aliphatic rings. The first-order valence-electron chi connectivity index (χ1n) is 9.89. The fourth-order valence-corrected chi connectivity index (χ4v) is 2.83. The summed E-state index contributed by atoms with van der Waals surface area (Å²) in [6.45, 7) is -2.82. The third-order valence-corrected chi connectivity index (χ3v) is 4.21. The van der Waals surface area contributed by atoms with E-state index in [9.17, 15) is 26.7 Å². The highest BCUT2D eigenvalue weighted by Crippen LogP contribution is 2.34. The molecule has 7 nitrogen and oxygen atoms in total. The van der Waals surface area contributed by atoms with Crippen LogP contribution in [0.25, 0.3) is 11.5 Å². The minimum Gasteiger partial charge on any atom is -0.493 e. The van der Waals surface area contributed by atoms with E-state index in [1.165, 1.54) is 12.3 Å². The molecule has 34 heavy (non-hydrogen) atoms. The molecule has 1 heterocycles. The van der Waals surface area contributed by atoms with Crippen molar-refractivity contribution >= 4 is 5.91 Å². The van der Waals surface area contributed by atoms with Crippen LogP contribution in [0, 0.1) is 0 Å². The Balaban J connectivity index is 1.73. The van der Waals surface area contributed by atoms with E-state index in [4.69, 9.17) is 9.15 Å². The van der Waals surface area contributed by atoms with Crippen LogP contribution in [0.5, 0.6) is 17.2 Å². The predicted octanol–water partition coefficient (Wildman–Crippen LogP) is 5.21. The van der Waals surface area contributed by atoms with Gasteiger partial charge in [0.2, 0.25) is 5.89 Å². The molecule has 0 unspecified atom stereocenters. The minimum atomic E-state index is -4.69. The molecule has 1 N–H and O–H groups in total. The summed E-state index contributed by atoms with van der Waals surface area (Å²) in [5.41, 5.74) is 0.787. The zero-order valence-electron chi connectivity index (χ0n) is 17.7. The van der Waals surface area contributed by atoms with Crippen molar-refractivity contribution in [3.8, 4) is 28.7 Å². The number of amides is 1. The Bertz CT molecular complexity index is 1120. The molecule has 0 fully saturated rings. The lowest BCUT2D eigenvalue weighted by molar-refractivity contribution is -0.154. The van der Waals surface area contributed by atoms with Crippen LogP contribution in [0.1, 0.15) is 23.0 Å². The maximum atomic E-state index is 12.6. The smallest absolute Gasteiger partial charge is 0.422 e. The van der Waals surface area contributed by atoms with E-state index in [1.807, 2.05) is 0 Å². The van der Waals surface area contributed by atoms with E-state index in [0.29, 0.717) is 23.6 Å². The highest BCUT2D eigenvalue weighted by Gasteiger charge is 2.29. The molecule has 0 saturated heterocycles. The molecule has 0 spiro atoms. The summed E-state index contributed by atoms with van der Waals surface area (Å²) < 4.78 is 82.2. The van der Waals surface area contributed by atoms with Gasteiger partial charge in [0.25, 0.3) is 5.91 Å². The fraction of sp³-hybridized carbons (Fsp3) is 0.273. The van der Waals surface area contributed by atoms with Gasteiger partial charge in [-0.3, -0.25) is 4.79 Å². The molecule has 0 bridgehead atoms. The molecule has 0 atom stereocenters. The Morgan fingerprint density at radius 2 is 1.85 bits per heavy atom. The number of carbonyl (C=O) groups is 1. The van der Waals surface area contributed by atoms with Crippen LogP contribution in [-0.2, 0) is 6.54 Å². The Morgan fingerprint density at radius 3 is 2.56 bits per heavy atom. The molecule has 182 valence electrons. The monoisotopic (exact) mass is 486 g/mol. The van der Waals surface area contributed by atoms with Crippen LogP contribution in [0.15, 0.2) is 53.1 Å². The number of hydrogen-bond acceptors (Lipinski definition) is 6. The average molecular weight is 486 g/mol. The van der Waals surface area contributed by atoms with Crippen molar-refractivity contribution in [1.82, 2.24) is 10.3 Å². The Morgan fingerprint density at radius 1 is 1.09 bits per heavy atom. The highest BCUT2D eigenvalue weighted by molar-refractivity contribution is 5.96. The van der Waals surface area contributed by atoms with Crippen LogP contribution in [0.4, 0.5) is 22.0 Å². The van der Waals surface area contributed by atoms with Crippen molar-refractivity contribution < 1.29 is 45.4 Å². The normalized spacial score (nSPS) is 11.4. The van der Waals surface area contributed by atoms with Crippen LogP contribution in [0.3, 0.4) is 0 Å². The Labute approximate surface area is 190 Å². The second-order valence-corrected chi connectivity index (χ2v) is 6.70. The first-order valence-corrected chi connectivity index (χ1v) is 9.89. The number of ether oxygens (including phenoxy) is 3. The lowest BCUT2D eigenvalue weighted by Crippen LogP contribution is -2.23. The number of halogens is 5. The van der Waals surface area contributed by atoms with Gasteiger partial charge in [0.1, 0.15) is 12.0 Å². The van der Waals surface area contributed by atoms with Gasteiger partial charge in [0.05, 0.1) is 24.4 Å². The molecule has 0 aliphatic heterocycles. The van der Waals surface area contributed by atoms with Crippen LogP contribution >= 0.6 is 0 Å². The van der Waals surface area contributed by atoms with E-state index in [-0.39, 0.29) is 18.0 Å². The van der Waals surface area contributed by atoms with Gasteiger partial charge in [-0.1, -0.05) is 12.1 Å². The van der Waals surface area contributed by atoms with E-state index in [2.05, 4.69) is 19.8 Å². The fourth-order valence-electron chi connectivity index (χ4n) is 2.83. The van der Waals surface area contributed by atoms with Gasteiger partial charge in [-0.15, -0.1) is 0 Å². The summed E-state index contributed by atoms with van der Waals surface area (Å²) in [4.78, 5) is 16.6. The van der Waals surface area contributed by atoms with Gasteiger partial charge < -0.3 is 23.9 Å². The standard InChI is InChI=1S/C22H19F5N2O5/c1-2-31-16-6-4-3-5-15(16)19(30)28-10-14-11-32-20(29-14)13-7-8-17(34-21(23)24)18(9-13)33-12-22(25,26)27/h3-9,11,21H,2,10,12H2,1H3,(H,28,30). The SMILES string of the molecule is CCOc1ccccc1C(=O)NCc1coc(-c2ccc(OC(F)F)c(OCC(F)(F)F)c2)n1. The van der Waals surface area contributed by atoms with Crippen molar-refractivity contribution in [3.63, 3.8) is 0 Å². The van der Waals surface area contributed by atoms with Crippen LogP contribution < -0.4 is 19.5 Å². The van der Waals surface area contributed by atoms with Crippen molar-refractivity contribution in [2.45, 2.75) is 26.3 Å². The van der Waals surface area contributed by atoms with Gasteiger partial charge in [-0.05, 0) is 37.3 Å². The van der Waals surface area contributed by atoms with Gasteiger partial charge >= 0.3 is 12.8 Å². The second kappa shape index (κ2) is 10.9. The topological polar surface area (TPSA) is 82.8 Å². The molecule has 0 aliphatic carbocycles. The Hall–Kier alpha value is -3.83. The highest BCUT2D eigenvalue weighted by atomic mass is 19.4. The number of nitrogens with zero attached hydrogens (tertiary/aromatic N) is 1. The number of oxazole rings is 1. The summed E-state index contributed by atoms with van der Waals surface area (Å²) in [7, 11) is 0. The van der Waals surface area contributed by atoms with E-state index in [1.54, 1.807) is 31.2 Å². The number of aromatic nitrogens is 1. The lowest BCUT2D eigenvalue weighted by Gasteiger charge is -2.14. The number of nitrogens with one attached hydrogen (secondary N) is 1. The van der Waals surface area contributed by atoms with Crippen LogP contribution in [0.2, 0.25) is 0 Å². The molecule has 1 amide bonds. The van der Waals surface area contributed by atoms with E-state index < -0.39 is 36.8 Å². The van der Waals surface area contributed by atoms with Crippen molar-refractivity contribution in [2.24, 2.45) is 0 Å². The number of benzene rings is 2. The Kier molecular flexibility index (Phi) is 7.92.